The van der Waals surface area contributed by atoms with Gasteiger partial charge in [0.1, 0.15) is 0 Å². The number of rotatable bonds is 7. The molecule has 1 aliphatic rings. The van der Waals surface area contributed by atoms with E-state index in [4.69, 9.17) is 0 Å². The molecular formula is C14H27N3OS. The zero-order valence-corrected chi connectivity index (χ0v) is 12.7. The van der Waals surface area contributed by atoms with E-state index in [2.05, 4.69) is 29.1 Å². The third-order valence-electron chi connectivity index (χ3n) is 3.12. The summed E-state index contributed by atoms with van der Waals surface area (Å²) in [6.45, 7) is 7.48. The van der Waals surface area contributed by atoms with Gasteiger partial charge in [0.25, 0.3) is 0 Å². The summed E-state index contributed by atoms with van der Waals surface area (Å²) in [7, 11) is 0. The lowest BCUT2D eigenvalue weighted by molar-refractivity contribution is 0.120. The van der Waals surface area contributed by atoms with Crippen molar-refractivity contribution in [2.45, 2.75) is 44.8 Å². The van der Waals surface area contributed by atoms with Crippen LogP contribution in [0, 0.1) is 0 Å². The lowest BCUT2D eigenvalue weighted by Gasteiger charge is -2.27. The minimum atomic E-state index is -0.104. The van der Waals surface area contributed by atoms with Crippen molar-refractivity contribution in [2.24, 2.45) is 4.99 Å². The normalized spacial score (nSPS) is 24.0. The molecule has 0 atom stereocenters. The Bertz CT molecular complexity index is 276. The second-order valence-corrected chi connectivity index (χ2v) is 5.92. The van der Waals surface area contributed by atoms with Crippen LogP contribution in [0.4, 0.5) is 0 Å². The predicted molar refractivity (Wildman–Crippen MR) is 84.9 cm³/mol. The van der Waals surface area contributed by atoms with Crippen molar-refractivity contribution in [3.8, 4) is 0 Å². The van der Waals surface area contributed by atoms with Gasteiger partial charge in [-0.25, -0.2) is 0 Å². The Labute approximate surface area is 121 Å². The third kappa shape index (κ3) is 7.47. The minimum absolute atomic E-state index is 0.104. The highest BCUT2D eigenvalue weighted by atomic mass is 32.2. The van der Waals surface area contributed by atoms with Crippen molar-refractivity contribution in [1.82, 2.24) is 10.6 Å². The molecule has 0 aromatic rings. The molecule has 0 aromatic heterocycles. The largest absolute Gasteiger partial charge is 0.393 e. The van der Waals surface area contributed by atoms with Gasteiger partial charge in [-0.15, -0.1) is 6.58 Å². The number of nitrogens with zero attached hydrogens (tertiary/aromatic N) is 1. The predicted octanol–water partition coefficient (Wildman–Crippen LogP) is 1.76. The monoisotopic (exact) mass is 285 g/mol. The van der Waals surface area contributed by atoms with Crippen LogP contribution in [0.3, 0.4) is 0 Å². The zero-order chi connectivity index (χ0) is 13.9. The molecule has 1 aliphatic carbocycles. The van der Waals surface area contributed by atoms with E-state index < -0.39 is 0 Å². The summed E-state index contributed by atoms with van der Waals surface area (Å²) in [6, 6.07) is 0.446. The van der Waals surface area contributed by atoms with Gasteiger partial charge in [-0.1, -0.05) is 6.08 Å². The molecule has 3 N–H and O–H groups in total. The maximum atomic E-state index is 9.50. The van der Waals surface area contributed by atoms with E-state index in [0.29, 0.717) is 6.04 Å². The van der Waals surface area contributed by atoms with Crippen LogP contribution in [0.1, 0.15) is 32.6 Å². The fourth-order valence-electron chi connectivity index (χ4n) is 2.12. The topological polar surface area (TPSA) is 56.7 Å². The molecule has 0 amide bonds. The van der Waals surface area contributed by atoms with Crippen LogP contribution in [0.5, 0.6) is 0 Å². The number of hydrogen-bond donors (Lipinski definition) is 3. The average molecular weight is 285 g/mol. The molecule has 0 unspecified atom stereocenters. The van der Waals surface area contributed by atoms with E-state index in [1.165, 1.54) is 0 Å². The van der Waals surface area contributed by atoms with E-state index in [0.717, 1.165) is 56.2 Å². The van der Waals surface area contributed by atoms with E-state index in [9.17, 15) is 5.11 Å². The van der Waals surface area contributed by atoms with Gasteiger partial charge in [-0.2, -0.15) is 11.8 Å². The van der Waals surface area contributed by atoms with E-state index >= 15 is 0 Å². The highest BCUT2D eigenvalue weighted by Crippen LogP contribution is 2.18. The lowest BCUT2D eigenvalue weighted by Crippen LogP contribution is -2.45. The van der Waals surface area contributed by atoms with Gasteiger partial charge in [0.2, 0.25) is 0 Å². The third-order valence-corrected chi connectivity index (χ3v) is 4.07. The van der Waals surface area contributed by atoms with Gasteiger partial charge in [0.15, 0.2) is 5.96 Å². The molecule has 19 heavy (non-hydrogen) atoms. The van der Waals surface area contributed by atoms with Crippen molar-refractivity contribution in [3.05, 3.63) is 12.7 Å². The first-order valence-electron chi connectivity index (χ1n) is 7.17. The Morgan fingerprint density at radius 1 is 1.42 bits per heavy atom. The molecule has 0 saturated heterocycles. The van der Waals surface area contributed by atoms with Crippen molar-refractivity contribution < 1.29 is 5.11 Å². The first kappa shape index (κ1) is 16.4. The molecule has 0 spiro atoms. The van der Waals surface area contributed by atoms with E-state index in [-0.39, 0.29) is 6.10 Å². The molecule has 4 nitrogen and oxygen atoms in total. The molecule has 0 aliphatic heterocycles. The highest BCUT2D eigenvalue weighted by Gasteiger charge is 2.19. The summed E-state index contributed by atoms with van der Waals surface area (Å²) in [4.78, 5) is 4.58. The summed E-state index contributed by atoms with van der Waals surface area (Å²) in [5, 5.41) is 16.2. The Morgan fingerprint density at radius 2 is 2.16 bits per heavy atom. The number of aliphatic hydroxyl groups is 1. The SMILES string of the molecule is C=CCSCCN=C(NCC)NC1CCC(O)CC1. The summed E-state index contributed by atoms with van der Waals surface area (Å²) >= 11 is 1.85. The molecule has 0 radical (unpaired) electrons. The lowest BCUT2D eigenvalue weighted by atomic mass is 9.93. The van der Waals surface area contributed by atoms with Crippen molar-refractivity contribution >= 4 is 17.7 Å². The minimum Gasteiger partial charge on any atom is -0.393 e. The molecular weight excluding hydrogens is 258 g/mol. The molecule has 0 bridgehead atoms. The standard InChI is InChI=1S/C14H27N3OS/c1-3-10-19-11-9-16-14(15-4-2)17-12-5-7-13(18)8-6-12/h3,12-13,18H,1,4-11H2,2H3,(H2,15,16,17). The molecule has 1 fully saturated rings. The van der Waals surface area contributed by atoms with Gasteiger partial charge < -0.3 is 15.7 Å². The molecule has 0 aromatic carbocycles. The van der Waals surface area contributed by atoms with Gasteiger partial charge in [0, 0.05) is 24.1 Å². The van der Waals surface area contributed by atoms with Crippen molar-refractivity contribution in [2.75, 3.05) is 24.6 Å². The van der Waals surface area contributed by atoms with Gasteiger partial charge in [-0.05, 0) is 32.6 Å². The summed E-state index contributed by atoms with van der Waals surface area (Å²) in [6.07, 6.45) is 5.66. The molecule has 0 heterocycles. The van der Waals surface area contributed by atoms with Crippen LogP contribution >= 0.6 is 11.8 Å². The second kappa shape index (κ2) is 10.1. The Hall–Kier alpha value is -0.680. The summed E-state index contributed by atoms with van der Waals surface area (Å²) in [5.41, 5.74) is 0. The first-order chi connectivity index (χ1) is 9.26. The highest BCUT2D eigenvalue weighted by molar-refractivity contribution is 7.99. The number of thioether (sulfide) groups is 1. The number of guanidine groups is 1. The van der Waals surface area contributed by atoms with E-state index in [1.54, 1.807) is 0 Å². The smallest absolute Gasteiger partial charge is 0.191 e. The number of nitrogens with one attached hydrogen (secondary N) is 2. The molecule has 110 valence electrons. The van der Waals surface area contributed by atoms with Crippen LogP contribution in [-0.2, 0) is 0 Å². The van der Waals surface area contributed by atoms with Gasteiger partial charge in [-0.3, -0.25) is 4.99 Å². The van der Waals surface area contributed by atoms with E-state index in [1.807, 2.05) is 17.8 Å². The second-order valence-electron chi connectivity index (χ2n) is 4.77. The molecule has 5 heteroatoms. The quantitative estimate of drug-likeness (QED) is 0.289. The zero-order valence-electron chi connectivity index (χ0n) is 11.9. The summed E-state index contributed by atoms with van der Waals surface area (Å²) in [5.74, 6) is 2.91. The number of aliphatic imine (C=N–C) groups is 1. The van der Waals surface area contributed by atoms with Gasteiger partial charge >= 0.3 is 0 Å². The molecule has 1 saturated carbocycles. The molecule has 1 rings (SSSR count). The van der Waals surface area contributed by atoms with Gasteiger partial charge in [0.05, 0.1) is 12.6 Å². The maximum absolute atomic E-state index is 9.50. The Balaban J connectivity index is 2.30. The number of aliphatic hydroxyl groups excluding tert-OH is 1. The summed E-state index contributed by atoms with van der Waals surface area (Å²) < 4.78 is 0. The Morgan fingerprint density at radius 3 is 2.79 bits per heavy atom. The Kier molecular flexibility index (Phi) is 8.75. The van der Waals surface area contributed by atoms with Crippen molar-refractivity contribution in [1.29, 1.82) is 0 Å². The van der Waals surface area contributed by atoms with Crippen LogP contribution in [0.15, 0.2) is 17.6 Å². The fraction of sp³-hybridized carbons (Fsp3) is 0.786. The van der Waals surface area contributed by atoms with Crippen LogP contribution < -0.4 is 10.6 Å². The van der Waals surface area contributed by atoms with Crippen LogP contribution in [0.25, 0.3) is 0 Å². The average Bonchev–Trinajstić information content (AvgIpc) is 2.41. The maximum Gasteiger partial charge on any atom is 0.191 e. The first-order valence-corrected chi connectivity index (χ1v) is 8.33. The number of hydrogen-bond acceptors (Lipinski definition) is 3. The fourth-order valence-corrected chi connectivity index (χ4v) is 2.68. The van der Waals surface area contributed by atoms with Crippen LogP contribution in [0.2, 0.25) is 0 Å². The van der Waals surface area contributed by atoms with Crippen molar-refractivity contribution in [3.63, 3.8) is 0 Å². The van der Waals surface area contributed by atoms with Crippen LogP contribution in [-0.4, -0.2) is 47.8 Å².